The topological polar surface area (TPSA) is 119 Å². The Balaban J connectivity index is 1.83. The fourth-order valence-electron chi connectivity index (χ4n) is 2.15. The number of nitrogens with one attached hydrogen (secondary N) is 2. The van der Waals surface area contributed by atoms with E-state index in [1.807, 2.05) is 0 Å². The van der Waals surface area contributed by atoms with Crippen molar-refractivity contribution in [1.29, 1.82) is 0 Å². The Bertz CT molecular complexity index is 937. The molecule has 0 bridgehead atoms. The van der Waals surface area contributed by atoms with Crippen LogP contribution in [0.3, 0.4) is 0 Å². The summed E-state index contributed by atoms with van der Waals surface area (Å²) in [7, 11) is 3.04. The van der Waals surface area contributed by atoms with Gasteiger partial charge in [-0.25, -0.2) is 0 Å². The molecule has 2 N–H and O–H groups in total. The van der Waals surface area contributed by atoms with Crippen molar-refractivity contribution in [3.05, 3.63) is 47.6 Å². The van der Waals surface area contributed by atoms with E-state index in [-0.39, 0.29) is 35.8 Å². The molecule has 0 atom stereocenters. The molecular weight excluding hydrogens is 326 g/mol. The number of rotatable bonds is 5. The van der Waals surface area contributed by atoms with Crippen molar-refractivity contribution in [2.75, 3.05) is 14.1 Å². The van der Waals surface area contributed by atoms with E-state index in [2.05, 4.69) is 25.8 Å². The fourth-order valence-corrected chi connectivity index (χ4v) is 2.15. The average Bonchev–Trinajstić information content (AvgIpc) is 3.10. The van der Waals surface area contributed by atoms with Gasteiger partial charge in [0.25, 0.3) is 17.7 Å². The van der Waals surface area contributed by atoms with Gasteiger partial charge in [-0.15, -0.1) is 5.10 Å². The molecule has 0 spiro atoms. The molecule has 0 aromatic carbocycles. The number of carbonyl (C=O) groups excluding carboxylic acids is 2. The zero-order valence-corrected chi connectivity index (χ0v) is 13.6. The SMILES string of the molecule is CNC(=O)c1cc(COc2nncc3cc(C(=O)NC)oc23)ccn1. The normalized spacial score (nSPS) is 10.5. The van der Waals surface area contributed by atoms with E-state index in [0.717, 1.165) is 5.56 Å². The minimum atomic E-state index is -0.355. The number of ether oxygens (including phenoxy) is 1. The van der Waals surface area contributed by atoms with Crippen molar-refractivity contribution >= 4 is 22.8 Å². The second-order valence-corrected chi connectivity index (χ2v) is 5.04. The van der Waals surface area contributed by atoms with Gasteiger partial charge in [0.05, 0.1) is 6.20 Å². The number of hydrogen-bond donors (Lipinski definition) is 2. The largest absolute Gasteiger partial charge is 0.469 e. The van der Waals surface area contributed by atoms with Crippen molar-refractivity contribution in [3.8, 4) is 5.88 Å². The van der Waals surface area contributed by atoms with Gasteiger partial charge in [0.15, 0.2) is 11.3 Å². The molecular formula is C16H15N5O4. The molecule has 0 fully saturated rings. The van der Waals surface area contributed by atoms with Crippen LogP contribution in [0.5, 0.6) is 5.88 Å². The zero-order chi connectivity index (χ0) is 17.8. The van der Waals surface area contributed by atoms with Crippen LogP contribution in [0.15, 0.2) is 35.0 Å². The Labute approximate surface area is 142 Å². The first-order valence-corrected chi connectivity index (χ1v) is 7.39. The van der Waals surface area contributed by atoms with Crippen LogP contribution in [-0.2, 0) is 6.61 Å². The van der Waals surface area contributed by atoms with Gasteiger partial charge in [-0.2, -0.15) is 5.10 Å². The highest BCUT2D eigenvalue weighted by atomic mass is 16.5. The van der Waals surface area contributed by atoms with Crippen molar-refractivity contribution < 1.29 is 18.7 Å². The molecule has 0 aliphatic carbocycles. The number of amides is 2. The zero-order valence-electron chi connectivity index (χ0n) is 13.6. The van der Waals surface area contributed by atoms with Crippen LogP contribution in [0.2, 0.25) is 0 Å². The smallest absolute Gasteiger partial charge is 0.286 e. The summed E-state index contributed by atoms with van der Waals surface area (Å²) in [4.78, 5) is 27.3. The van der Waals surface area contributed by atoms with Crippen molar-refractivity contribution in [2.45, 2.75) is 6.61 Å². The van der Waals surface area contributed by atoms with Crippen LogP contribution in [0.4, 0.5) is 0 Å². The van der Waals surface area contributed by atoms with Crippen LogP contribution in [0, 0.1) is 0 Å². The highest BCUT2D eigenvalue weighted by Gasteiger charge is 2.16. The molecule has 0 aliphatic heterocycles. The predicted molar refractivity (Wildman–Crippen MR) is 87.2 cm³/mol. The summed E-state index contributed by atoms with van der Waals surface area (Å²) < 4.78 is 11.1. The molecule has 25 heavy (non-hydrogen) atoms. The first kappa shape index (κ1) is 16.4. The molecule has 3 aromatic heterocycles. The van der Waals surface area contributed by atoms with E-state index in [1.54, 1.807) is 18.2 Å². The molecule has 0 radical (unpaired) electrons. The lowest BCUT2D eigenvalue weighted by molar-refractivity contribution is 0.0935. The molecule has 0 saturated carbocycles. The lowest BCUT2D eigenvalue weighted by Gasteiger charge is -2.06. The van der Waals surface area contributed by atoms with Crippen LogP contribution in [-0.4, -0.2) is 41.1 Å². The number of hydrogen-bond acceptors (Lipinski definition) is 7. The third-order valence-corrected chi connectivity index (χ3v) is 3.41. The van der Waals surface area contributed by atoms with Gasteiger partial charge in [-0.05, 0) is 23.8 Å². The molecule has 3 rings (SSSR count). The summed E-state index contributed by atoms with van der Waals surface area (Å²) in [6, 6.07) is 4.90. The summed E-state index contributed by atoms with van der Waals surface area (Å²) in [6.07, 6.45) is 3.00. The maximum absolute atomic E-state index is 11.7. The van der Waals surface area contributed by atoms with Crippen molar-refractivity contribution in [2.24, 2.45) is 0 Å². The van der Waals surface area contributed by atoms with E-state index < -0.39 is 0 Å². The molecule has 3 aromatic rings. The third kappa shape index (κ3) is 3.39. The highest BCUT2D eigenvalue weighted by molar-refractivity contribution is 5.96. The van der Waals surface area contributed by atoms with E-state index in [0.29, 0.717) is 11.0 Å². The molecule has 9 nitrogen and oxygen atoms in total. The molecule has 0 saturated heterocycles. The first-order valence-electron chi connectivity index (χ1n) is 7.39. The lowest BCUT2D eigenvalue weighted by atomic mass is 10.2. The van der Waals surface area contributed by atoms with E-state index >= 15 is 0 Å². The Kier molecular flexibility index (Phi) is 4.55. The molecule has 128 valence electrons. The molecule has 9 heteroatoms. The maximum atomic E-state index is 11.7. The van der Waals surface area contributed by atoms with E-state index in [4.69, 9.17) is 9.15 Å². The quantitative estimate of drug-likeness (QED) is 0.708. The van der Waals surface area contributed by atoms with Gasteiger partial charge in [0.2, 0.25) is 0 Å². The summed E-state index contributed by atoms with van der Waals surface area (Å²) in [5.41, 5.74) is 1.34. The molecule has 0 aliphatic rings. The Morgan fingerprint density at radius 1 is 1.20 bits per heavy atom. The second-order valence-electron chi connectivity index (χ2n) is 5.04. The molecule has 3 heterocycles. The van der Waals surface area contributed by atoms with Gasteiger partial charge in [-0.3, -0.25) is 14.6 Å². The van der Waals surface area contributed by atoms with Crippen molar-refractivity contribution in [1.82, 2.24) is 25.8 Å². The highest BCUT2D eigenvalue weighted by Crippen LogP contribution is 2.26. The van der Waals surface area contributed by atoms with E-state index in [1.165, 1.54) is 26.5 Å². The van der Waals surface area contributed by atoms with Gasteiger partial charge in [0, 0.05) is 25.7 Å². The van der Waals surface area contributed by atoms with Crippen LogP contribution in [0.1, 0.15) is 26.6 Å². The fraction of sp³-hybridized carbons (Fsp3) is 0.188. The maximum Gasteiger partial charge on any atom is 0.286 e. The van der Waals surface area contributed by atoms with Crippen LogP contribution < -0.4 is 15.4 Å². The Morgan fingerprint density at radius 3 is 2.76 bits per heavy atom. The minimum absolute atomic E-state index is 0.135. The summed E-state index contributed by atoms with van der Waals surface area (Å²) in [5, 5.41) is 13.3. The number of furan rings is 1. The third-order valence-electron chi connectivity index (χ3n) is 3.41. The molecule has 0 unspecified atom stereocenters. The van der Waals surface area contributed by atoms with Gasteiger partial charge >= 0.3 is 0 Å². The van der Waals surface area contributed by atoms with Gasteiger partial charge in [-0.1, -0.05) is 0 Å². The number of carbonyl (C=O) groups is 2. The number of nitrogens with zero attached hydrogens (tertiary/aromatic N) is 3. The standard InChI is InChI=1S/C16H15N5O4/c1-17-14(22)11-5-9(3-4-19-11)8-24-16-13-10(7-20-21-16)6-12(25-13)15(23)18-2/h3-7H,8H2,1-2H3,(H,17,22)(H,18,23). The summed E-state index contributed by atoms with van der Waals surface area (Å²) in [5.74, 6) is -0.342. The monoisotopic (exact) mass is 341 g/mol. The number of pyridine rings is 1. The number of fused-ring (bicyclic) bond motifs is 1. The van der Waals surface area contributed by atoms with Crippen LogP contribution in [0.25, 0.3) is 11.0 Å². The van der Waals surface area contributed by atoms with Gasteiger partial charge < -0.3 is 19.8 Å². The van der Waals surface area contributed by atoms with Crippen molar-refractivity contribution in [3.63, 3.8) is 0 Å². The minimum Gasteiger partial charge on any atom is -0.469 e. The van der Waals surface area contributed by atoms with Gasteiger partial charge in [0.1, 0.15) is 12.3 Å². The van der Waals surface area contributed by atoms with E-state index in [9.17, 15) is 9.59 Å². The summed E-state index contributed by atoms with van der Waals surface area (Å²) >= 11 is 0. The first-order chi connectivity index (χ1) is 12.1. The molecule has 2 amide bonds. The Morgan fingerprint density at radius 2 is 2.00 bits per heavy atom. The van der Waals surface area contributed by atoms with Crippen LogP contribution >= 0.6 is 0 Å². The second kappa shape index (κ2) is 6.95. The Hall–Kier alpha value is -3.49. The number of aromatic nitrogens is 3. The predicted octanol–water partition coefficient (Wildman–Crippen LogP) is 0.916. The lowest BCUT2D eigenvalue weighted by Crippen LogP contribution is -2.19. The average molecular weight is 341 g/mol. The summed E-state index contributed by atoms with van der Waals surface area (Å²) in [6.45, 7) is 0.135.